The molecule has 32 heavy (non-hydrogen) atoms. The quantitative estimate of drug-likeness (QED) is 0.430. The van der Waals surface area contributed by atoms with E-state index in [0.29, 0.717) is 17.7 Å². The molecule has 0 radical (unpaired) electrons. The summed E-state index contributed by atoms with van der Waals surface area (Å²) >= 11 is 0. The van der Waals surface area contributed by atoms with E-state index in [2.05, 4.69) is 23.5 Å². The number of hydrogen-bond acceptors (Lipinski definition) is 4. The molecule has 1 atom stereocenters. The van der Waals surface area contributed by atoms with Crippen molar-refractivity contribution in [3.05, 3.63) is 35.4 Å². The lowest BCUT2D eigenvalue weighted by Gasteiger charge is -2.32. The molecule has 1 saturated carbocycles. The van der Waals surface area contributed by atoms with Crippen molar-refractivity contribution >= 4 is 17.9 Å². The number of amides is 3. The third-order valence-corrected chi connectivity index (χ3v) is 5.01. The smallest absolute Gasteiger partial charge is 0.408 e. The standard InChI is InChI=1S/C25H35N3O4/c1-6-8-9-16-26-23(30)22(19-12-10-18(7-2)11-13-19)28(20-14-15-20)21(29)17-27-24(31)32-25(3,4)5/h2,10-13,20,22H,6,8-9,14-17H2,1,3-5H3,(H,26,30)(H,27,31). The fourth-order valence-electron chi connectivity index (χ4n) is 3.35. The Morgan fingerprint density at radius 1 is 1.16 bits per heavy atom. The van der Waals surface area contributed by atoms with Crippen molar-refractivity contribution in [2.75, 3.05) is 13.1 Å². The minimum Gasteiger partial charge on any atom is -0.444 e. The van der Waals surface area contributed by atoms with Crippen LogP contribution in [0.2, 0.25) is 0 Å². The van der Waals surface area contributed by atoms with Gasteiger partial charge in [-0.05, 0) is 57.7 Å². The number of nitrogens with zero attached hydrogens (tertiary/aromatic N) is 1. The van der Waals surface area contributed by atoms with Gasteiger partial charge < -0.3 is 20.3 Å². The van der Waals surface area contributed by atoms with Crippen LogP contribution < -0.4 is 10.6 Å². The second-order valence-corrected chi connectivity index (χ2v) is 9.05. The Labute approximate surface area is 191 Å². The summed E-state index contributed by atoms with van der Waals surface area (Å²) < 4.78 is 5.22. The molecule has 0 aromatic heterocycles. The van der Waals surface area contributed by atoms with Crippen LogP contribution in [0.15, 0.2) is 24.3 Å². The fraction of sp³-hybridized carbons (Fsp3) is 0.560. The zero-order chi connectivity index (χ0) is 23.7. The van der Waals surface area contributed by atoms with Gasteiger partial charge in [-0.1, -0.05) is 37.8 Å². The molecule has 1 aromatic rings. The van der Waals surface area contributed by atoms with E-state index < -0.39 is 17.7 Å². The summed E-state index contributed by atoms with van der Waals surface area (Å²) in [6.07, 6.45) is 9.38. The average Bonchev–Trinajstić information content (AvgIpc) is 3.57. The van der Waals surface area contributed by atoms with Crippen LogP contribution in [-0.2, 0) is 14.3 Å². The van der Waals surface area contributed by atoms with Gasteiger partial charge in [0.05, 0.1) is 0 Å². The van der Waals surface area contributed by atoms with Crippen LogP contribution in [0.4, 0.5) is 4.79 Å². The van der Waals surface area contributed by atoms with Crippen LogP contribution in [0.5, 0.6) is 0 Å². The SMILES string of the molecule is C#Cc1ccc(C(C(=O)NCCCCC)N(C(=O)CNC(=O)OC(C)(C)C)C2CC2)cc1. The highest BCUT2D eigenvalue weighted by Crippen LogP contribution is 2.35. The van der Waals surface area contributed by atoms with E-state index in [1.54, 1.807) is 49.9 Å². The van der Waals surface area contributed by atoms with Gasteiger partial charge in [-0.15, -0.1) is 6.42 Å². The van der Waals surface area contributed by atoms with Crippen molar-refractivity contribution in [3.8, 4) is 12.3 Å². The van der Waals surface area contributed by atoms with Crippen molar-refractivity contribution in [1.29, 1.82) is 0 Å². The molecular formula is C25H35N3O4. The monoisotopic (exact) mass is 441 g/mol. The lowest BCUT2D eigenvalue weighted by atomic mass is 10.0. The van der Waals surface area contributed by atoms with E-state index in [0.717, 1.165) is 32.1 Å². The summed E-state index contributed by atoms with van der Waals surface area (Å²) in [7, 11) is 0. The first-order valence-electron chi connectivity index (χ1n) is 11.3. The number of nitrogens with one attached hydrogen (secondary N) is 2. The Morgan fingerprint density at radius 2 is 1.81 bits per heavy atom. The van der Waals surface area contributed by atoms with E-state index in [-0.39, 0.29) is 24.4 Å². The number of hydrogen-bond donors (Lipinski definition) is 2. The van der Waals surface area contributed by atoms with Crippen molar-refractivity contribution in [2.24, 2.45) is 0 Å². The molecule has 174 valence electrons. The first-order valence-corrected chi connectivity index (χ1v) is 11.3. The Balaban J connectivity index is 2.20. The second-order valence-electron chi connectivity index (χ2n) is 9.05. The van der Waals surface area contributed by atoms with Gasteiger partial charge in [0.1, 0.15) is 18.2 Å². The molecule has 1 aliphatic rings. The van der Waals surface area contributed by atoms with Crippen molar-refractivity contribution < 1.29 is 19.1 Å². The van der Waals surface area contributed by atoms with Gasteiger partial charge in [0.15, 0.2) is 0 Å². The summed E-state index contributed by atoms with van der Waals surface area (Å²) in [5.41, 5.74) is 0.726. The second kappa shape index (κ2) is 11.6. The van der Waals surface area contributed by atoms with E-state index >= 15 is 0 Å². The molecule has 1 aromatic carbocycles. The largest absolute Gasteiger partial charge is 0.444 e. The highest BCUT2D eigenvalue weighted by Gasteiger charge is 2.41. The Morgan fingerprint density at radius 3 is 2.34 bits per heavy atom. The maximum Gasteiger partial charge on any atom is 0.408 e. The van der Waals surface area contributed by atoms with Gasteiger partial charge in [0, 0.05) is 18.2 Å². The van der Waals surface area contributed by atoms with Crippen LogP contribution in [0.1, 0.15) is 77.0 Å². The van der Waals surface area contributed by atoms with Gasteiger partial charge in [-0.2, -0.15) is 0 Å². The Hall–Kier alpha value is -3.01. The Bertz CT molecular complexity index is 832. The highest BCUT2D eigenvalue weighted by atomic mass is 16.6. The van der Waals surface area contributed by atoms with Crippen LogP contribution in [-0.4, -0.2) is 47.5 Å². The van der Waals surface area contributed by atoms with Gasteiger partial charge in [-0.3, -0.25) is 9.59 Å². The highest BCUT2D eigenvalue weighted by molar-refractivity contribution is 5.90. The molecule has 2 N–H and O–H groups in total. The number of benzene rings is 1. The summed E-state index contributed by atoms with van der Waals surface area (Å²) in [6.45, 7) is 7.67. The number of ether oxygens (including phenoxy) is 1. The summed E-state index contributed by atoms with van der Waals surface area (Å²) in [5, 5.41) is 5.49. The van der Waals surface area contributed by atoms with Crippen LogP contribution in [0, 0.1) is 12.3 Å². The first-order chi connectivity index (χ1) is 15.2. The van der Waals surface area contributed by atoms with Gasteiger partial charge in [0.2, 0.25) is 11.8 Å². The molecule has 0 heterocycles. The summed E-state index contributed by atoms with van der Waals surface area (Å²) in [6, 6.07) is 6.28. The molecule has 1 unspecified atom stereocenters. The minimum atomic E-state index is -0.788. The molecule has 3 amide bonds. The molecule has 0 bridgehead atoms. The number of carbonyl (C=O) groups excluding carboxylic acids is 3. The number of rotatable bonds is 10. The summed E-state index contributed by atoms with van der Waals surface area (Å²) in [5.74, 6) is 2.01. The zero-order valence-electron chi connectivity index (χ0n) is 19.6. The van der Waals surface area contributed by atoms with Crippen LogP contribution in [0.25, 0.3) is 0 Å². The van der Waals surface area contributed by atoms with Gasteiger partial charge >= 0.3 is 6.09 Å². The molecule has 0 saturated heterocycles. The molecule has 2 rings (SSSR count). The molecule has 7 nitrogen and oxygen atoms in total. The lowest BCUT2D eigenvalue weighted by molar-refractivity contribution is -0.140. The molecule has 1 aliphatic carbocycles. The van der Waals surface area contributed by atoms with Crippen molar-refractivity contribution in [3.63, 3.8) is 0 Å². The van der Waals surface area contributed by atoms with Crippen molar-refractivity contribution in [1.82, 2.24) is 15.5 Å². The normalized spacial score (nSPS) is 14.1. The maximum absolute atomic E-state index is 13.2. The third-order valence-electron chi connectivity index (χ3n) is 5.01. The predicted octanol–water partition coefficient (Wildman–Crippen LogP) is 3.53. The van der Waals surface area contributed by atoms with Crippen LogP contribution in [0.3, 0.4) is 0 Å². The van der Waals surface area contributed by atoms with Crippen molar-refractivity contribution in [2.45, 2.75) is 77.5 Å². The first kappa shape index (κ1) is 25.3. The average molecular weight is 442 g/mol. The topological polar surface area (TPSA) is 87.7 Å². The van der Waals surface area contributed by atoms with E-state index in [1.165, 1.54) is 0 Å². The molecule has 1 fully saturated rings. The number of alkyl carbamates (subject to hydrolysis) is 1. The molecule has 7 heteroatoms. The van der Waals surface area contributed by atoms with Gasteiger partial charge in [-0.25, -0.2) is 4.79 Å². The molecular weight excluding hydrogens is 406 g/mol. The minimum absolute atomic E-state index is 0.0401. The van der Waals surface area contributed by atoms with Gasteiger partial charge in [0.25, 0.3) is 0 Å². The fourth-order valence-corrected chi connectivity index (χ4v) is 3.35. The maximum atomic E-state index is 13.2. The van der Waals surface area contributed by atoms with E-state index in [9.17, 15) is 14.4 Å². The molecule has 0 spiro atoms. The molecule has 0 aliphatic heterocycles. The van der Waals surface area contributed by atoms with Crippen LogP contribution >= 0.6 is 0 Å². The number of unbranched alkanes of at least 4 members (excludes halogenated alkanes) is 2. The van der Waals surface area contributed by atoms with E-state index in [4.69, 9.17) is 11.2 Å². The Kier molecular flexibility index (Phi) is 9.13. The third kappa shape index (κ3) is 7.92. The number of carbonyl (C=O) groups is 3. The number of terminal acetylenes is 1. The predicted molar refractivity (Wildman–Crippen MR) is 124 cm³/mol. The lowest BCUT2D eigenvalue weighted by Crippen LogP contribution is -2.49. The zero-order valence-corrected chi connectivity index (χ0v) is 19.6. The van der Waals surface area contributed by atoms with E-state index in [1.807, 2.05) is 0 Å². The summed E-state index contributed by atoms with van der Waals surface area (Å²) in [4.78, 5) is 40.0.